The standard InChI is InChI=1S/C8H15NO3/c1-3-9(4-2)7(5-10)8(12)6-11/h5-8,12H,3-4H2,1-2H3. The molecule has 12 heavy (non-hydrogen) atoms. The van der Waals surface area contributed by atoms with Crippen LogP contribution in [0.25, 0.3) is 0 Å². The van der Waals surface area contributed by atoms with E-state index >= 15 is 0 Å². The summed E-state index contributed by atoms with van der Waals surface area (Å²) in [5.74, 6) is 0. The quantitative estimate of drug-likeness (QED) is 0.548. The largest absolute Gasteiger partial charge is 0.384 e. The van der Waals surface area contributed by atoms with Gasteiger partial charge in [0.15, 0.2) is 6.29 Å². The second-order valence-electron chi connectivity index (χ2n) is 2.47. The van der Waals surface area contributed by atoms with Gasteiger partial charge >= 0.3 is 0 Å². The molecule has 0 rings (SSSR count). The Bertz CT molecular complexity index is 145. The van der Waals surface area contributed by atoms with E-state index in [-0.39, 0.29) is 0 Å². The topological polar surface area (TPSA) is 57.6 Å². The van der Waals surface area contributed by atoms with Gasteiger partial charge in [0.2, 0.25) is 0 Å². The van der Waals surface area contributed by atoms with Crippen LogP contribution in [0.3, 0.4) is 0 Å². The van der Waals surface area contributed by atoms with Gasteiger partial charge in [0.05, 0.1) is 6.04 Å². The first-order valence-corrected chi connectivity index (χ1v) is 4.03. The number of nitrogens with zero attached hydrogens (tertiary/aromatic N) is 1. The van der Waals surface area contributed by atoms with Crippen LogP contribution in [0.1, 0.15) is 13.8 Å². The maximum atomic E-state index is 10.5. The molecule has 0 aliphatic rings. The highest BCUT2D eigenvalue weighted by molar-refractivity contribution is 5.69. The van der Waals surface area contributed by atoms with Gasteiger partial charge in [0.1, 0.15) is 12.4 Å². The first-order valence-electron chi connectivity index (χ1n) is 4.03. The zero-order valence-electron chi connectivity index (χ0n) is 7.43. The third-order valence-corrected chi connectivity index (χ3v) is 1.86. The number of aliphatic hydroxyl groups is 1. The van der Waals surface area contributed by atoms with Crippen LogP contribution in [-0.2, 0) is 9.59 Å². The van der Waals surface area contributed by atoms with Crippen LogP contribution in [0.15, 0.2) is 0 Å². The van der Waals surface area contributed by atoms with Crippen molar-refractivity contribution >= 4 is 12.6 Å². The zero-order chi connectivity index (χ0) is 9.56. The van der Waals surface area contributed by atoms with Gasteiger partial charge in [0, 0.05) is 0 Å². The summed E-state index contributed by atoms with van der Waals surface area (Å²) in [7, 11) is 0. The summed E-state index contributed by atoms with van der Waals surface area (Å²) in [6.45, 7) is 5.03. The van der Waals surface area contributed by atoms with E-state index in [1.54, 1.807) is 4.90 Å². The molecule has 2 atom stereocenters. The first-order chi connectivity index (χ1) is 5.71. The minimum absolute atomic E-state index is 0.386. The molecule has 0 saturated heterocycles. The highest BCUT2D eigenvalue weighted by Crippen LogP contribution is 2.00. The number of likely N-dealkylation sites (N-methyl/N-ethyl adjacent to an activating group) is 1. The fraction of sp³-hybridized carbons (Fsp3) is 0.750. The molecule has 4 heteroatoms. The SMILES string of the molecule is CCN(CC)C(C=O)C(O)C=O. The van der Waals surface area contributed by atoms with Gasteiger partial charge in [-0.1, -0.05) is 13.8 Å². The van der Waals surface area contributed by atoms with Gasteiger partial charge in [0.25, 0.3) is 0 Å². The van der Waals surface area contributed by atoms with Crippen LogP contribution < -0.4 is 0 Å². The third-order valence-electron chi connectivity index (χ3n) is 1.86. The third kappa shape index (κ3) is 2.71. The predicted octanol–water partition coefficient (Wildman–Crippen LogP) is -0.545. The molecule has 0 bridgehead atoms. The van der Waals surface area contributed by atoms with Crippen molar-refractivity contribution in [1.82, 2.24) is 4.90 Å². The van der Waals surface area contributed by atoms with Crippen LogP contribution in [0.4, 0.5) is 0 Å². The molecule has 0 aromatic heterocycles. The van der Waals surface area contributed by atoms with E-state index in [0.29, 0.717) is 25.7 Å². The van der Waals surface area contributed by atoms with E-state index in [0.717, 1.165) is 0 Å². The van der Waals surface area contributed by atoms with Gasteiger partial charge in [-0.3, -0.25) is 4.90 Å². The summed E-state index contributed by atoms with van der Waals surface area (Å²) < 4.78 is 0. The Kier molecular flexibility index (Phi) is 5.49. The highest BCUT2D eigenvalue weighted by Gasteiger charge is 2.22. The molecule has 70 valence electrons. The number of carbonyl (C=O) groups is 2. The molecule has 0 aromatic rings. The lowest BCUT2D eigenvalue weighted by molar-refractivity contribution is -0.125. The Morgan fingerprint density at radius 1 is 1.25 bits per heavy atom. The Hall–Kier alpha value is -0.740. The monoisotopic (exact) mass is 173 g/mol. The lowest BCUT2D eigenvalue weighted by Crippen LogP contribution is -2.45. The minimum Gasteiger partial charge on any atom is -0.384 e. The number of rotatable bonds is 6. The Morgan fingerprint density at radius 3 is 2.00 bits per heavy atom. The van der Waals surface area contributed by atoms with Gasteiger partial charge in [-0.2, -0.15) is 0 Å². The minimum atomic E-state index is -1.21. The van der Waals surface area contributed by atoms with Crippen molar-refractivity contribution in [3.05, 3.63) is 0 Å². The average Bonchev–Trinajstić information content (AvgIpc) is 2.12. The molecule has 0 saturated carbocycles. The molecule has 0 spiro atoms. The zero-order valence-corrected chi connectivity index (χ0v) is 7.43. The van der Waals surface area contributed by atoms with Crippen molar-refractivity contribution in [2.75, 3.05) is 13.1 Å². The van der Waals surface area contributed by atoms with Gasteiger partial charge < -0.3 is 14.7 Å². The number of aldehydes is 2. The average molecular weight is 173 g/mol. The van der Waals surface area contributed by atoms with Gasteiger partial charge in [-0.25, -0.2) is 0 Å². The Morgan fingerprint density at radius 2 is 1.75 bits per heavy atom. The maximum Gasteiger partial charge on any atom is 0.150 e. The summed E-state index contributed by atoms with van der Waals surface area (Å²) in [6.07, 6.45) is -0.217. The Labute approximate surface area is 72.2 Å². The number of carbonyl (C=O) groups excluding carboxylic acids is 2. The van der Waals surface area contributed by atoms with Crippen molar-refractivity contribution in [2.45, 2.75) is 26.0 Å². The summed E-state index contributed by atoms with van der Waals surface area (Å²) in [5.41, 5.74) is 0. The molecule has 0 aromatic carbocycles. The fourth-order valence-electron chi connectivity index (χ4n) is 1.11. The van der Waals surface area contributed by atoms with Crippen molar-refractivity contribution < 1.29 is 14.7 Å². The van der Waals surface area contributed by atoms with Crippen LogP contribution in [0, 0.1) is 0 Å². The molecule has 0 aliphatic heterocycles. The van der Waals surface area contributed by atoms with E-state index in [2.05, 4.69) is 0 Å². The number of hydrogen-bond acceptors (Lipinski definition) is 4. The first kappa shape index (κ1) is 11.3. The second-order valence-corrected chi connectivity index (χ2v) is 2.47. The van der Waals surface area contributed by atoms with Crippen molar-refractivity contribution in [3.8, 4) is 0 Å². The smallest absolute Gasteiger partial charge is 0.150 e. The summed E-state index contributed by atoms with van der Waals surface area (Å²) in [4.78, 5) is 22.4. The van der Waals surface area contributed by atoms with Crippen LogP contribution >= 0.6 is 0 Å². The van der Waals surface area contributed by atoms with Crippen molar-refractivity contribution in [1.29, 1.82) is 0 Å². The molecular weight excluding hydrogens is 158 g/mol. The highest BCUT2D eigenvalue weighted by atomic mass is 16.3. The molecule has 0 amide bonds. The molecule has 0 fully saturated rings. The molecule has 0 aliphatic carbocycles. The number of hydrogen-bond donors (Lipinski definition) is 1. The van der Waals surface area contributed by atoms with Crippen LogP contribution in [0.2, 0.25) is 0 Å². The van der Waals surface area contributed by atoms with Crippen LogP contribution in [-0.4, -0.2) is 47.8 Å². The van der Waals surface area contributed by atoms with E-state index in [1.165, 1.54) is 0 Å². The summed E-state index contributed by atoms with van der Waals surface area (Å²) in [6, 6.07) is -0.697. The van der Waals surface area contributed by atoms with Crippen molar-refractivity contribution in [2.24, 2.45) is 0 Å². The van der Waals surface area contributed by atoms with E-state index in [9.17, 15) is 9.59 Å². The van der Waals surface area contributed by atoms with Crippen molar-refractivity contribution in [3.63, 3.8) is 0 Å². The molecule has 4 nitrogen and oxygen atoms in total. The normalized spacial score (nSPS) is 15.7. The molecule has 1 N–H and O–H groups in total. The molecule has 0 radical (unpaired) electrons. The fourth-order valence-corrected chi connectivity index (χ4v) is 1.11. The number of aliphatic hydroxyl groups excluding tert-OH is 1. The molecular formula is C8H15NO3. The van der Waals surface area contributed by atoms with E-state index in [1.807, 2.05) is 13.8 Å². The predicted molar refractivity (Wildman–Crippen MR) is 44.8 cm³/mol. The van der Waals surface area contributed by atoms with E-state index < -0.39 is 12.1 Å². The molecule has 2 unspecified atom stereocenters. The summed E-state index contributed by atoms with van der Waals surface area (Å²) in [5, 5.41) is 9.11. The second kappa shape index (κ2) is 5.85. The lowest BCUT2D eigenvalue weighted by Gasteiger charge is -2.26. The lowest BCUT2D eigenvalue weighted by atomic mass is 10.1. The van der Waals surface area contributed by atoms with E-state index in [4.69, 9.17) is 5.11 Å². The maximum absolute atomic E-state index is 10.5. The van der Waals surface area contributed by atoms with Gasteiger partial charge in [-0.05, 0) is 13.1 Å². The van der Waals surface area contributed by atoms with Crippen LogP contribution in [0.5, 0.6) is 0 Å². The summed E-state index contributed by atoms with van der Waals surface area (Å²) >= 11 is 0. The Balaban J connectivity index is 4.28. The van der Waals surface area contributed by atoms with Gasteiger partial charge in [-0.15, -0.1) is 0 Å². The molecule has 0 heterocycles.